The highest BCUT2D eigenvalue weighted by Gasteiger charge is 2.46. The van der Waals surface area contributed by atoms with Gasteiger partial charge in [0.05, 0.1) is 18.0 Å². The number of nitrogen functional groups attached to an aromatic ring is 1. The fourth-order valence-corrected chi connectivity index (χ4v) is 3.15. The number of hydrogen-bond donors (Lipinski definition) is 2. The van der Waals surface area contributed by atoms with Crippen molar-refractivity contribution in [3.8, 4) is 0 Å². The Morgan fingerprint density at radius 2 is 2.19 bits per heavy atom. The Kier molecular flexibility index (Phi) is 3.51. The van der Waals surface area contributed by atoms with Crippen LogP contribution in [-0.4, -0.2) is 36.3 Å². The van der Waals surface area contributed by atoms with E-state index in [2.05, 4.69) is 15.0 Å². The Morgan fingerprint density at radius 3 is 2.81 bits per heavy atom. The van der Waals surface area contributed by atoms with Crippen LogP contribution < -0.4 is 5.73 Å². The van der Waals surface area contributed by atoms with E-state index in [4.69, 9.17) is 22.1 Å². The molecule has 3 N–H and O–H groups in total. The molecule has 1 fully saturated rings. The van der Waals surface area contributed by atoms with E-state index >= 15 is 0 Å². The third kappa shape index (κ3) is 2.16. The second-order valence-electron chi connectivity index (χ2n) is 5.30. The third-order valence-corrected chi connectivity index (χ3v) is 4.50. The van der Waals surface area contributed by atoms with Crippen molar-refractivity contribution in [1.82, 2.24) is 19.5 Å². The van der Waals surface area contributed by atoms with Gasteiger partial charge in [-0.1, -0.05) is 13.8 Å². The maximum absolute atomic E-state index is 10.3. The monoisotopic (exact) mass is 311 g/mol. The summed E-state index contributed by atoms with van der Waals surface area (Å²) in [6.07, 6.45) is 2.71. The molecular formula is C13H18ClN5O2. The number of nitrogens with two attached hydrogens (primary N) is 1. The van der Waals surface area contributed by atoms with Gasteiger partial charge in [0, 0.05) is 6.42 Å². The number of nitrogens with zero attached hydrogens (tertiary/aromatic N) is 4. The Hall–Kier alpha value is -1.44. The molecule has 0 saturated carbocycles. The Morgan fingerprint density at radius 1 is 1.48 bits per heavy atom. The molecular weight excluding hydrogens is 294 g/mol. The molecule has 0 unspecified atom stereocenters. The van der Waals surface area contributed by atoms with E-state index in [9.17, 15) is 5.11 Å². The van der Waals surface area contributed by atoms with E-state index in [0.29, 0.717) is 17.6 Å². The number of hydrogen-bond acceptors (Lipinski definition) is 6. The van der Waals surface area contributed by atoms with Gasteiger partial charge in [-0.2, -0.15) is 9.97 Å². The van der Waals surface area contributed by atoms with Crippen LogP contribution in [0.1, 0.15) is 39.3 Å². The highest BCUT2D eigenvalue weighted by atomic mass is 35.5. The number of aromatic nitrogens is 4. The zero-order valence-electron chi connectivity index (χ0n) is 12.0. The van der Waals surface area contributed by atoms with Crippen LogP contribution in [0.4, 0.5) is 5.82 Å². The summed E-state index contributed by atoms with van der Waals surface area (Å²) >= 11 is 5.87. The van der Waals surface area contributed by atoms with Gasteiger partial charge in [0.2, 0.25) is 5.28 Å². The first-order valence-electron chi connectivity index (χ1n) is 7.02. The molecule has 2 aromatic rings. The maximum Gasteiger partial charge on any atom is 0.226 e. The van der Waals surface area contributed by atoms with Crippen LogP contribution in [0.5, 0.6) is 0 Å². The summed E-state index contributed by atoms with van der Waals surface area (Å²) < 4.78 is 7.88. The third-order valence-electron chi connectivity index (χ3n) is 4.33. The average molecular weight is 312 g/mol. The molecule has 1 aliphatic rings. The lowest BCUT2D eigenvalue weighted by molar-refractivity contribution is -0.105. The molecule has 2 aromatic heterocycles. The van der Waals surface area contributed by atoms with Crippen molar-refractivity contribution in [3.63, 3.8) is 0 Å². The van der Waals surface area contributed by atoms with Crippen LogP contribution in [-0.2, 0) is 4.74 Å². The van der Waals surface area contributed by atoms with Crippen molar-refractivity contribution < 1.29 is 9.84 Å². The molecule has 21 heavy (non-hydrogen) atoms. The van der Waals surface area contributed by atoms with Gasteiger partial charge in [-0.15, -0.1) is 0 Å². The molecule has 1 aliphatic heterocycles. The van der Waals surface area contributed by atoms with Crippen molar-refractivity contribution in [3.05, 3.63) is 11.6 Å². The molecule has 0 amide bonds. The number of aliphatic hydroxyl groups is 1. The lowest BCUT2D eigenvalue weighted by Gasteiger charge is -2.29. The standard InChI is InChI=1S/C13H18ClN5O2/c1-3-13(4-2)7(20)5-8(21-13)19-6-16-9-10(15)17-12(14)18-11(9)19/h6-8,20H,3-5H2,1-2H3,(H2,15,17,18)/t7-,8-/m1/s1. The number of aliphatic hydroxyl groups excluding tert-OH is 1. The molecule has 0 bridgehead atoms. The van der Waals surface area contributed by atoms with Crippen LogP contribution in [0.25, 0.3) is 11.2 Å². The zero-order valence-corrected chi connectivity index (χ0v) is 12.7. The van der Waals surface area contributed by atoms with Crippen molar-refractivity contribution in [2.45, 2.75) is 51.0 Å². The fourth-order valence-electron chi connectivity index (χ4n) is 2.98. The highest BCUT2D eigenvalue weighted by Crippen LogP contribution is 2.42. The number of ether oxygens (including phenoxy) is 1. The summed E-state index contributed by atoms with van der Waals surface area (Å²) in [4.78, 5) is 12.3. The second-order valence-corrected chi connectivity index (χ2v) is 5.64. The van der Waals surface area contributed by atoms with Gasteiger partial charge in [-0.05, 0) is 24.4 Å². The van der Waals surface area contributed by atoms with Crippen molar-refractivity contribution in [1.29, 1.82) is 0 Å². The van der Waals surface area contributed by atoms with Crippen LogP contribution >= 0.6 is 11.6 Å². The molecule has 8 heteroatoms. The van der Waals surface area contributed by atoms with Gasteiger partial charge in [-0.25, -0.2) is 4.98 Å². The number of imidazole rings is 1. The normalized spacial score (nSPS) is 24.8. The summed E-state index contributed by atoms with van der Waals surface area (Å²) in [5.74, 6) is 0.236. The first-order valence-corrected chi connectivity index (χ1v) is 7.40. The molecule has 3 heterocycles. The van der Waals surface area contributed by atoms with Crippen LogP contribution in [0, 0.1) is 0 Å². The Balaban J connectivity index is 2.03. The molecule has 2 atom stereocenters. The summed E-state index contributed by atoms with van der Waals surface area (Å²) in [5, 5.41) is 10.4. The predicted octanol–water partition coefficient (Wildman–Crippen LogP) is 1.90. The van der Waals surface area contributed by atoms with E-state index in [1.807, 2.05) is 13.8 Å². The van der Waals surface area contributed by atoms with E-state index < -0.39 is 11.7 Å². The van der Waals surface area contributed by atoms with Gasteiger partial charge in [0.15, 0.2) is 11.5 Å². The molecule has 0 aliphatic carbocycles. The number of halogens is 1. The summed E-state index contributed by atoms with van der Waals surface area (Å²) in [5.41, 5.74) is 6.29. The minimum Gasteiger partial charge on any atom is -0.390 e. The van der Waals surface area contributed by atoms with Crippen molar-refractivity contribution in [2.75, 3.05) is 5.73 Å². The molecule has 0 spiro atoms. The molecule has 0 radical (unpaired) electrons. The lowest BCUT2D eigenvalue weighted by atomic mass is 9.91. The fraction of sp³-hybridized carbons (Fsp3) is 0.615. The Labute approximate surface area is 127 Å². The first-order chi connectivity index (χ1) is 10.0. The van der Waals surface area contributed by atoms with E-state index in [-0.39, 0.29) is 17.3 Å². The van der Waals surface area contributed by atoms with Crippen LogP contribution in [0.15, 0.2) is 6.33 Å². The van der Waals surface area contributed by atoms with Crippen molar-refractivity contribution >= 4 is 28.6 Å². The van der Waals surface area contributed by atoms with Gasteiger partial charge in [0.25, 0.3) is 0 Å². The predicted molar refractivity (Wildman–Crippen MR) is 78.8 cm³/mol. The number of fused-ring (bicyclic) bond motifs is 1. The molecule has 1 saturated heterocycles. The number of anilines is 1. The van der Waals surface area contributed by atoms with Gasteiger partial charge >= 0.3 is 0 Å². The second kappa shape index (κ2) is 5.08. The Bertz CT molecular complexity index is 670. The van der Waals surface area contributed by atoms with Gasteiger partial charge in [0.1, 0.15) is 11.7 Å². The van der Waals surface area contributed by atoms with E-state index in [1.165, 1.54) is 0 Å². The van der Waals surface area contributed by atoms with Crippen LogP contribution in [0.3, 0.4) is 0 Å². The first kappa shape index (κ1) is 14.5. The topological polar surface area (TPSA) is 99.1 Å². The summed E-state index contributed by atoms with van der Waals surface area (Å²) in [7, 11) is 0. The van der Waals surface area contributed by atoms with Crippen LogP contribution in [0.2, 0.25) is 5.28 Å². The largest absolute Gasteiger partial charge is 0.390 e. The molecule has 114 valence electrons. The zero-order chi connectivity index (χ0) is 15.2. The summed E-state index contributed by atoms with van der Waals surface area (Å²) in [6.45, 7) is 4.02. The lowest BCUT2D eigenvalue weighted by Crippen LogP contribution is -2.37. The number of rotatable bonds is 3. The molecule has 7 nitrogen and oxygen atoms in total. The SMILES string of the molecule is CCC1(CC)O[C@@H](n2cnc3c(N)nc(Cl)nc32)C[C@H]1O. The average Bonchev–Trinajstić information content (AvgIpc) is 3.00. The minimum atomic E-state index is -0.524. The molecule has 0 aromatic carbocycles. The smallest absolute Gasteiger partial charge is 0.226 e. The summed E-state index contributed by atoms with van der Waals surface area (Å²) in [6, 6.07) is 0. The van der Waals surface area contributed by atoms with E-state index in [1.54, 1.807) is 10.9 Å². The maximum atomic E-state index is 10.3. The highest BCUT2D eigenvalue weighted by molar-refractivity contribution is 6.28. The van der Waals surface area contributed by atoms with E-state index in [0.717, 1.165) is 12.8 Å². The minimum absolute atomic E-state index is 0.0672. The molecule has 3 rings (SSSR count). The van der Waals surface area contributed by atoms with Gasteiger partial charge < -0.3 is 15.6 Å². The quantitative estimate of drug-likeness (QED) is 0.840. The van der Waals surface area contributed by atoms with Gasteiger partial charge in [-0.3, -0.25) is 4.57 Å². The van der Waals surface area contributed by atoms with Crippen molar-refractivity contribution in [2.24, 2.45) is 0 Å².